The van der Waals surface area contributed by atoms with Gasteiger partial charge in [-0.05, 0) is 69.5 Å². The number of anilines is 1. The average Bonchev–Trinajstić information content (AvgIpc) is 2.80. The van der Waals surface area contributed by atoms with Crippen LogP contribution in [0.15, 0.2) is 47.4 Å². The van der Waals surface area contributed by atoms with Crippen LogP contribution in [0.1, 0.15) is 51.7 Å². The van der Waals surface area contributed by atoms with Gasteiger partial charge in [0.15, 0.2) is 0 Å². The summed E-state index contributed by atoms with van der Waals surface area (Å²) in [4.78, 5) is 23.4. The van der Waals surface area contributed by atoms with Crippen molar-refractivity contribution in [2.45, 2.75) is 69.7 Å². The van der Waals surface area contributed by atoms with Crippen LogP contribution in [0, 0.1) is 5.92 Å². The predicted molar refractivity (Wildman–Crippen MR) is 132 cm³/mol. The highest BCUT2D eigenvalue weighted by atomic mass is 32.2. The molecule has 0 bridgehead atoms. The fourth-order valence-corrected chi connectivity index (χ4v) is 5.63. The molecular formula is C26H30F3NO7S. The van der Waals surface area contributed by atoms with Gasteiger partial charge in [-0.15, -0.1) is 0 Å². The first-order valence-electron chi connectivity index (χ1n) is 12.0. The number of esters is 1. The van der Waals surface area contributed by atoms with E-state index in [0.29, 0.717) is 11.6 Å². The number of aliphatic carboxylic acids is 1. The number of fused-ring (bicyclic) bond motifs is 1. The smallest absolute Gasteiger partial charge is 0.416 e. The molecule has 0 amide bonds. The second-order valence-electron chi connectivity index (χ2n) is 10.0. The molecule has 2 atom stereocenters. The molecule has 3 rings (SSSR count). The zero-order valence-corrected chi connectivity index (χ0v) is 22.2. The molecule has 1 heterocycles. The van der Waals surface area contributed by atoms with Crippen LogP contribution < -0.4 is 9.04 Å². The van der Waals surface area contributed by atoms with Gasteiger partial charge in [0.2, 0.25) is 0 Å². The highest BCUT2D eigenvalue weighted by Gasteiger charge is 2.38. The van der Waals surface area contributed by atoms with Gasteiger partial charge in [0, 0.05) is 0 Å². The van der Waals surface area contributed by atoms with E-state index in [2.05, 4.69) is 0 Å². The second-order valence-corrected chi connectivity index (χ2v) is 11.9. The molecule has 1 aliphatic heterocycles. The summed E-state index contributed by atoms with van der Waals surface area (Å²) < 4.78 is 79.5. The van der Waals surface area contributed by atoms with E-state index in [9.17, 15) is 36.3 Å². The Morgan fingerprint density at radius 3 is 2.42 bits per heavy atom. The molecular weight excluding hydrogens is 527 g/mol. The lowest BCUT2D eigenvalue weighted by molar-refractivity contribution is -0.154. The van der Waals surface area contributed by atoms with Crippen LogP contribution in [0.3, 0.4) is 0 Å². The van der Waals surface area contributed by atoms with Gasteiger partial charge in [0.05, 0.1) is 35.0 Å². The minimum atomic E-state index is -4.76. The van der Waals surface area contributed by atoms with E-state index >= 15 is 0 Å². The van der Waals surface area contributed by atoms with E-state index in [1.54, 1.807) is 33.8 Å². The Balaban J connectivity index is 2.05. The number of benzene rings is 2. The van der Waals surface area contributed by atoms with E-state index < -0.39 is 56.2 Å². The molecule has 2 aromatic rings. The van der Waals surface area contributed by atoms with Gasteiger partial charge >= 0.3 is 18.1 Å². The summed E-state index contributed by atoms with van der Waals surface area (Å²) in [5, 5.41) is 9.47. The lowest BCUT2D eigenvalue weighted by Crippen LogP contribution is -2.44. The number of nitrogens with zero attached hydrogens (tertiary/aromatic N) is 1. The first-order chi connectivity index (χ1) is 17.5. The summed E-state index contributed by atoms with van der Waals surface area (Å²) >= 11 is 0. The van der Waals surface area contributed by atoms with Crippen molar-refractivity contribution in [3.8, 4) is 5.75 Å². The molecule has 2 aromatic carbocycles. The first kappa shape index (κ1) is 29.3. The number of carboxylic acid groups (broad SMARTS) is 1. The van der Waals surface area contributed by atoms with Crippen LogP contribution in [-0.2, 0) is 36.9 Å². The number of hydrogen-bond donors (Lipinski definition) is 1. The zero-order valence-electron chi connectivity index (χ0n) is 21.4. The van der Waals surface area contributed by atoms with Crippen LogP contribution in [0.5, 0.6) is 5.75 Å². The average molecular weight is 558 g/mol. The van der Waals surface area contributed by atoms with Gasteiger partial charge in [-0.25, -0.2) is 8.42 Å². The van der Waals surface area contributed by atoms with Crippen LogP contribution in [0.4, 0.5) is 18.9 Å². The van der Waals surface area contributed by atoms with Crippen molar-refractivity contribution in [3.05, 3.63) is 53.6 Å². The predicted octanol–water partition coefficient (Wildman–Crippen LogP) is 5.05. The largest absolute Gasteiger partial charge is 0.486 e. The van der Waals surface area contributed by atoms with E-state index in [1.807, 2.05) is 0 Å². The summed E-state index contributed by atoms with van der Waals surface area (Å²) in [7, 11) is -4.54. The van der Waals surface area contributed by atoms with E-state index in [1.165, 1.54) is 12.1 Å². The SMILES string of the molecule is CC[C@@H](C[C@H]1CN(S(=O)(=O)c2cccc(C(F)(F)F)c2)c2cc(CC(=O)OC(C)(C)C)ccc2O1)C(=O)O. The molecule has 0 aliphatic carbocycles. The molecule has 0 spiro atoms. The Kier molecular flexibility index (Phi) is 8.35. The standard InChI is InChI=1S/C26H30F3NO7S/c1-5-17(24(32)33)13-19-15-30(38(34,35)20-8-6-7-18(14-20)26(27,28)29)21-11-16(9-10-22(21)36-19)12-23(31)37-25(2,3)4/h6-11,14,17,19H,5,12-13,15H2,1-4H3,(H,32,33)/t17-,19-/m0/s1. The van der Waals surface area contributed by atoms with Crippen LogP contribution in [0.2, 0.25) is 0 Å². The Morgan fingerprint density at radius 1 is 1.16 bits per heavy atom. The van der Waals surface area contributed by atoms with Crippen molar-refractivity contribution in [1.82, 2.24) is 0 Å². The third kappa shape index (κ3) is 6.97. The molecule has 38 heavy (non-hydrogen) atoms. The number of carbonyl (C=O) groups is 2. The number of rotatable bonds is 8. The maximum Gasteiger partial charge on any atom is 0.416 e. The van der Waals surface area contributed by atoms with Crippen molar-refractivity contribution in [1.29, 1.82) is 0 Å². The minimum absolute atomic E-state index is 0.0143. The lowest BCUT2D eigenvalue weighted by Gasteiger charge is -2.36. The van der Waals surface area contributed by atoms with Gasteiger partial charge in [-0.3, -0.25) is 13.9 Å². The molecule has 1 aliphatic rings. The molecule has 0 radical (unpaired) electrons. The highest BCUT2D eigenvalue weighted by molar-refractivity contribution is 7.92. The van der Waals surface area contributed by atoms with Crippen LogP contribution >= 0.6 is 0 Å². The van der Waals surface area contributed by atoms with Gasteiger partial charge in [0.1, 0.15) is 17.5 Å². The van der Waals surface area contributed by atoms with Gasteiger partial charge in [-0.1, -0.05) is 19.1 Å². The summed E-state index contributed by atoms with van der Waals surface area (Å²) in [6.07, 6.45) is -5.55. The number of carbonyl (C=O) groups excluding carboxylic acids is 1. The maximum atomic E-state index is 13.7. The van der Waals surface area contributed by atoms with Crippen molar-refractivity contribution in [2.75, 3.05) is 10.8 Å². The quantitative estimate of drug-likeness (QED) is 0.453. The number of hydrogen-bond acceptors (Lipinski definition) is 6. The van der Waals surface area contributed by atoms with Gasteiger partial charge in [0.25, 0.3) is 10.0 Å². The Morgan fingerprint density at radius 2 is 1.84 bits per heavy atom. The second kappa shape index (κ2) is 10.8. The van der Waals surface area contributed by atoms with Crippen LogP contribution in [-0.4, -0.2) is 43.7 Å². The third-order valence-electron chi connectivity index (χ3n) is 5.86. The summed E-state index contributed by atoms with van der Waals surface area (Å²) in [6.45, 7) is 6.46. The monoisotopic (exact) mass is 557 g/mol. The Bertz CT molecular complexity index is 1300. The number of alkyl halides is 3. The number of sulfonamides is 1. The first-order valence-corrected chi connectivity index (χ1v) is 13.4. The lowest BCUT2D eigenvalue weighted by atomic mass is 9.98. The molecule has 8 nitrogen and oxygen atoms in total. The summed E-state index contributed by atoms with van der Waals surface area (Å²) in [6, 6.07) is 7.81. The molecule has 1 N–H and O–H groups in total. The zero-order chi connectivity index (χ0) is 28.5. The topological polar surface area (TPSA) is 110 Å². The van der Waals surface area contributed by atoms with Crippen LogP contribution in [0.25, 0.3) is 0 Å². The van der Waals surface area contributed by atoms with E-state index in [0.717, 1.165) is 22.5 Å². The number of carboxylic acids is 1. The fraction of sp³-hybridized carbons (Fsp3) is 0.462. The third-order valence-corrected chi connectivity index (χ3v) is 7.64. The Hall–Kier alpha value is -3.28. The van der Waals surface area contributed by atoms with Crippen molar-refractivity contribution < 1.29 is 45.8 Å². The van der Waals surface area contributed by atoms with Crippen molar-refractivity contribution in [3.63, 3.8) is 0 Å². The van der Waals surface area contributed by atoms with Gasteiger partial charge < -0.3 is 14.6 Å². The molecule has 0 saturated heterocycles. The molecule has 208 valence electrons. The molecule has 0 fully saturated rings. The molecule has 12 heteroatoms. The van der Waals surface area contributed by atoms with Crippen molar-refractivity contribution >= 4 is 27.6 Å². The van der Waals surface area contributed by atoms with E-state index in [4.69, 9.17) is 9.47 Å². The minimum Gasteiger partial charge on any atom is -0.486 e. The fourth-order valence-electron chi connectivity index (χ4n) is 4.08. The Labute approximate surface area is 219 Å². The maximum absolute atomic E-state index is 13.7. The van der Waals surface area contributed by atoms with Gasteiger partial charge in [-0.2, -0.15) is 13.2 Å². The molecule has 0 saturated carbocycles. The number of ether oxygens (including phenoxy) is 2. The normalized spacial score (nSPS) is 16.8. The highest BCUT2D eigenvalue weighted by Crippen LogP contribution is 2.40. The molecule has 0 unspecified atom stereocenters. The van der Waals surface area contributed by atoms with E-state index in [-0.39, 0.29) is 37.2 Å². The summed E-state index contributed by atoms with van der Waals surface area (Å²) in [5.74, 6) is -2.33. The molecule has 0 aromatic heterocycles. The number of halogens is 3. The van der Waals surface area contributed by atoms with Crippen molar-refractivity contribution in [2.24, 2.45) is 5.92 Å². The summed E-state index contributed by atoms with van der Waals surface area (Å²) in [5.41, 5.74) is -1.43.